The third-order valence-electron chi connectivity index (χ3n) is 1.38. The fraction of sp³-hybridized carbons (Fsp3) is 0.429. The molecule has 1 rings (SSSR count). The van der Waals surface area contributed by atoms with Crippen LogP contribution in [0.2, 0.25) is 0 Å². The van der Waals surface area contributed by atoms with Crippen molar-refractivity contribution in [1.82, 2.24) is 4.98 Å². The summed E-state index contributed by atoms with van der Waals surface area (Å²) in [6.45, 7) is 0. The highest BCUT2D eigenvalue weighted by atomic mass is 32.2. The van der Waals surface area contributed by atoms with Gasteiger partial charge in [-0.2, -0.15) is 5.26 Å². The van der Waals surface area contributed by atoms with Crippen molar-refractivity contribution >= 4 is 21.2 Å². The Hall–Kier alpha value is -0.930. The van der Waals surface area contributed by atoms with E-state index in [0.717, 1.165) is 11.3 Å². The van der Waals surface area contributed by atoms with Crippen molar-refractivity contribution in [2.75, 3.05) is 5.75 Å². The van der Waals surface area contributed by atoms with Crippen molar-refractivity contribution in [3.8, 4) is 6.07 Å². The topological polar surface area (TPSA) is 70.8 Å². The molecule has 0 aliphatic heterocycles. The molecule has 0 aromatic carbocycles. The van der Waals surface area contributed by atoms with E-state index in [-0.39, 0.29) is 16.5 Å². The molecule has 0 radical (unpaired) electrons. The molecular formula is C7H8N2O2S2. The summed E-state index contributed by atoms with van der Waals surface area (Å²) in [5.41, 5.74) is 0. The number of nitriles is 1. The number of unbranched alkanes of at least 4 members (excludes halogenated alkanes) is 1. The molecule has 0 aliphatic rings. The van der Waals surface area contributed by atoms with Crippen LogP contribution in [0.5, 0.6) is 0 Å². The summed E-state index contributed by atoms with van der Waals surface area (Å²) in [6.07, 6.45) is 2.10. The van der Waals surface area contributed by atoms with E-state index in [9.17, 15) is 8.42 Å². The number of nitrogens with zero attached hydrogens (tertiary/aromatic N) is 2. The second-order valence-electron chi connectivity index (χ2n) is 2.38. The molecule has 0 N–H and O–H groups in total. The molecule has 0 atom stereocenters. The van der Waals surface area contributed by atoms with Crippen molar-refractivity contribution in [3.05, 3.63) is 11.6 Å². The number of thiazole rings is 1. The van der Waals surface area contributed by atoms with Crippen LogP contribution in [0.4, 0.5) is 0 Å². The van der Waals surface area contributed by atoms with E-state index in [2.05, 4.69) is 4.98 Å². The molecule has 0 bridgehead atoms. The van der Waals surface area contributed by atoms with Crippen LogP contribution in [0, 0.1) is 11.3 Å². The van der Waals surface area contributed by atoms with Crippen LogP contribution in [-0.4, -0.2) is 19.2 Å². The van der Waals surface area contributed by atoms with E-state index >= 15 is 0 Å². The van der Waals surface area contributed by atoms with Gasteiger partial charge < -0.3 is 0 Å². The maximum Gasteiger partial charge on any atom is 0.209 e. The predicted molar refractivity (Wildman–Crippen MR) is 49.0 cm³/mol. The number of hydrogen-bond acceptors (Lipinski definition) is 5. The zero-order valence-corrected chi connectivity index (χ0v) is 8.44. The normalized spacial score (nSPS) is 11.0. The fourth-order valence-corrected chi connectivity index (χ4v) is 3.08. The van der Waals surface area contributed by atoms with Gasteiger partial charge in [0, 0.05) is 18.0 Å². The lowest BCUT2D eigenvalue weighted by atomic mass is 10.4. The van der Waals surface area contributed by atoms with E-state index in [1.54, 1.807) is 5.38 Å². The second-order valence-corrected chi connectivity index (χ2v) is 5.56. The number of sulfone groups is 1. The van der Waals surface area contributed by atoms with Gasteiger partial charge in [0.1, 0.15) is 0 Å². The molecule has 1 heterocycles. The molecule has 0 fully saturated rings. The number of rotatable bonds is 4. The standard InChI is InChI=1S/C7H8N2O2S2/c8-3-1-2-6-13(10,11)7-9-4-5-12-7/h4-5H,1-2,6H2. The Labute approximate surface area is 80.8 Å². The van der Waals surface area contributed by atoms with Crippen molar-refractivity contribution < 1.29 is 8.42 Å². The smallest absolute Gasteiger partial charge is 0.209 e. The fourth-order valence-electron chi connectivity index (χ4n) is 0.793. The minimum absolute atomic E-state index is 0.00801. The number of hydrogen-bond donors (Lipinski definition) is 0. The maximum absolute atomic E-state index is 11.4. The minimum atomic E-state index is -3.23. The average Bonchev–Trinajstić information content (AvgIpc) is 2.56. The van der Waals surface area contributed by atoms with Crippen LogP contribution in [0.15, 0.2) is 15.9 Å². The molecule has 0 spiro atoms. The van der Waals surface area contributed by atoms with Gasteiger partial charge in [-0.25, -0.2) is 13.4 Å². The summed E-state index contributed by atoms with van der Waals surface area (Å²) in [6, 6.07) is 1.90. The van der Waals surface area contributed by atoms with E-state index in [0.29, 0.717) is 6.42 Å². The van der Waals surface area contributed by atoms with E-state index in [1.165, 1.54) is 6.20 Å². The van der Waals surface area contributed by atoms with Crippen molar-refractivity contribution in [1.29, 1.82) is 5.26 Å². The largest absolute Gasteiger partial charge is 0.234 e. The summed E-state index contributed by atoms with van der Waals surface area (Å²) in [4.78, 5) is 3.71. The molecule has 70 valence electrons. The lowest BCUT2D eigenvalue weighted by Gasteiger charge is -1.96. The van der Waals surface area contributed by atoms with Crippen LogP contribution in [0.3, 0.4) is 0 Å². The maximum atomic E-state index is 11.4. The summed E-state index contributed by atoms with van der Waals surface area (Å²) in [5, 5.41) is 9.86. The first-order chi connectivity index (χ1) is 6.17. The Balaban J connectivity index is 2.64. The van der Waals surface area contributed by atoms with Crippen LogP contribution < -0.4 is 0 Å². The Morgan fingerprint density at radius 2 is 2.38 bits per heavy atom. The predicted octanol–water partition coefficient (Wildman–Crippen LogP) is 1.22. The first-order valence-corrected chi connectivity index (χ1v) is 6.19. The quantitative estimate of drug-likeness (QED) is 0.709. The zero-order valence-electron chi connectivity index (χ0n) is 6.80. The average molecular weight is 216 g/mol. The highest BCUT2D eigenvalue weighted by Gasteiger charge is 2.15. The molecule has 1 aromatic rings. The third kappa shape index (κ3) is 2.79. The second kappa shape index (κ2) is 4.35. The Kier molecular flexibility index (Phi) is 3.39. The molecule has 0 saturated heterocycles. The lowest BCUT2D eigenvalue weighted by Crippen LogP contribution is -2.05. The van der Waals surface area contributed by atoms with E-state index in [1.807, 2.05) is 6.07 Å². The molecule has 4 nitrogen and oxygen atoms in total. The highest BCUT2D eigenvalue weighted by Crippen LogP contribution is 2.14. The summed E-state index contributed by atoms with van der Waals surface area (Å²) in [5.74, 6) is 0.00801. The zero-order chi connectivity index (χ0) is 9.73. The van der Waals surface area contributed by atoms with Gasteiger partial charge in [-0.3, -0.25) is 0 Å². The van der Waals surface area contributed by atoms with Crippen molar-refractivity contribution in [2.45, 2.75) is 17.2 Å². The molecule has 1 aromatic heterocycles. The summed E-state index contributed by atoms with van der Waals surface area (Å²) >= 11 is 1.11. The Morgan fingerprint density at radius 3 is 2.92 bits per heavy atom. The first kappa shape index (κ1) is 10.2. The van der Waals surface area contributed by atoms with Gasteiger partial charge in [-0.05, 0) is 6.42 Å². The van der Waals surface area contributed by atoms with Gasteiger partial charge in [-0.15, -0.1) is 11.3 Å². The lowest BCUT2D eigenvalue weighted by molar-refractivity contribution is 0.593. The van der Waals surface area contributed by atoms with Gasteiger partial charge in [0.15, 0.2) is 0 Å². The molecule has 0 amide bonds. The summed E-state index contributed by atoms with van der Waals surface area (Å²) < 4.78 is 23.0. The van der Waals surface area contributed by atoms with Crippen LogP contribution in [-0.2, 0) is 9.84 Å². The Morgan fingerprint density at radius 1 is 1.62 bits per heavy atom. The molecule has 13 heavy (non-hydrogen) atoms. The van der Waals surface area contributed by atoms with Crippen molar-refractivity contribution in [2.24, 2.45) is 0 Å². The molecular weight excluding hydrogens is 208 g/mol. The molecule has 0 unspecified atom stereocenters. The molecule has 0 aliphatic carbocycles. The van der Waals surface area contributed by atoms with Gasteiger partial charge in [-0.1, -0.05) is 0 Å². The van der Waals surface area contributed by atoms with E-state index in [4.69, 9.17) is 5.26 Å². The first-order valence-electron chi connectivity index (χ1n) is 3.66. The Bertz CT molecular complexity index is 389. The van der Waals surface area contributed by atoms with Crippen LogP contribution >= 0.6 is 11.3 Å². The van der Waals surface area contributed by atoms with Gasteiger partial charge in [0.05, 0.1) is 11.8 Å². The summed E-state index contributed by atoms with van der Waals surface area (Å²) in [7, 11) is -3.23. The van der Waals surface area contributed by atoms with Crippen molar-refractivity contribution in [3.63, 3.8) is 0 Å². The van der Waals surface area contributed by atoms with E-state index < -0.39 is 9.84 Å². The molecule has 0 saturated carbocycles. The van der Waals surface area contributed by atoms with Gasteiger partial charge in [0.25, 0.3) is 0 Å². The van der Waals surface area contributed by atoms with Crippen LogP contribution in [0.1, 0.15) is 12.8 Å². The van der Waals surface area contributed by atoms with Gasteiger partial charge >= 0.3 is 0 Å². The monoisotopic (exact) mass is 216 g/mol. The molecule has 6 heteroatoms. The third-order valence-corrected chi connectivity index (χ3v) is 4.46. The highest BCUT2D eigenvalue weighted by molar-refractivity contribution is 7.93. The van der Waals surface area contributed by atoms with Crippen LogP contribution in [0.25, 0.3) is 0 Å². The SMILES string of the molecule is N#CCCCS(=O)(=O)c1nccs1. The minimum Gasteiger partial charge on any atom is -0.234 e. The number of aromatic nitrogens is 1. The van der Waals surface area contributed by atoms with Gasteiger partial charge in [0.2, 0.25) is 14.2 Å².